The predicted molar refractivity (Wildman–Crippen MR) is 88.7 cm³/mol. The average Bonchev–Trinajstić information content (AvgIpc) is 2.49. The van der Waals surface area contributed by atoms with Crippen LogP contribution in [0.1, 0.15) is 31.4 Å². The van der Waals surface area contributed by atoms with Gasteiger partial charge in [-0.25, -0.2) is 0 Å². The van der Waals surface area contributed by atoms with Gasteiger partial charge in [0.2, 0.25) is 0 Å². The van der Waals surface area contributed by atoms with Crippen LogP contribution in [-0.2, 0) is 5.41 Å². The van der Waals surface area contributed by atoms with Crippen molar-refractivity contribution in [3.05, 3.63) is 65.7 Å². The summed E-state index contributed by atoms with van der Waals surface area (Å²) in [5, 5.41) is 11.9. The van der Waals surface area contributed by atoms with E-state index in [1.807, 2.05) is 24.3 Å². The van der Waals surface area contributed by atoms with Crippen LogP contribution in [0.2, 0.25) is 0 Å². The van der Waals surface area contributed by atoms with Crippen molar-refractivity contribution in [2.45, 2.75) is 25.7 Å². The molecule has 0 aliphatic heterocycles. The Morgan fingerprint density at radius 1 is 1.05 bits per heavy atom. The molecule has 0 bridgehead atoms. The normalized spacial score (nSPS) is 12.0. The van der Waals surface area contributed by atoms with Gasteiger partial charge in [-0.1, -0.05) is 62.4 Å². The molecular weight excluding hydrogens is 258 g/mol. The molecule has 21 heavy (non-hydrogen) atoms. The first-order chi connectivity index (χ1) is 10.0. The maximum absolute atomic E-state index is 9.78. The molecule has 3 N–H and O–H groups in total. The SMILES string of the molecule is C[NH2+]c1ccccc1C(C)(C)C/C=C/c1ccccc1O. The third-order valence-electron chi connectivity index (χ3n) is 3.86. The van der Waals surface area contributed by atoms with Gasteiger partial charge >= 0.3 is 0 Å². The van der Waals surface area contributed by atoms with E-state index in [0.717, 1.165) is 12.0 Å². The van der Waals surface area contributed by atoms with Gasteiger partial charge in [-0.3, -0.25) is 0 Å². The second-order valence-electron chi connectivity index (χ2n) is 5.93. The van der Waals surface area contributed by atoms with Crippen molar-refractivity contribution in [2.24, 2.45) is 0 Å². The molecule has 2 nitrogen and oxygen atoms in total. The lowest BCUT2D eigenvalue weighted by atomic mass is 9.80. The van der Waals surface area contributed by atoms with E-state index in [1.165, 1.54) is 11.3 Å². The molecule has 0 radical (unpaired) electrons. The van der Waals surface area contributed by atoms with Crippen LogP contribution >= 0.6 is 0 Å². The van der Waals surface area contributed by atoms with Crippen LogP contribution in [-0.4, -0.2) is 12.2 Å². The van der Waals surface area contributed by atoms with E-state index >= 15 is 0 Å². The molecule has 0 spiro atoms. The molecule has 0 saturated carbocycles. The molecule has 110 valence electrons. The zero-order chi connectivity index (χ0) is 15.3. The Kier molecular flexibility index (Phi) is 4.81. The van der Waals surface area contributed by atoms with Crippen molar-refractivity contribution in [1.82, 2.24) is 0 Å². The topological polar surface area (TPSA) is 36.8 Å². The highest BCUT2D eigenvalue weighted by molar-refractivity contribution is 5.56. The maximum Gasteiger partial charge on any atom is 0.133 e. The molecule has 0 fully saturated rings. The van der Waals surface area contributed by atoms with E-state index < -0.39 is 0 Å². The van der Waals surface area contributed by atoms with Crippen LogP contribution < -0.4 is 5.32 Å². The summed E-state index contributed by atoms with van der Waals surface area (Å²) >= 11 is 0. The van der Waals surface area contributed by atoms with Crippen molar-refractivity contribution in [2.75, 3.05) is 7.05 Å². The van der Waals surface area contributed by atoms with Crippen LogP contribution in [0.4, 0.5) is 5.69 Å². The van der Waals surface area contributed by atoms with Crippen LogP contribution in [0, 0.1) is 0 Å². The van der Waals surface area contributed by atoms with Gasteiger partial charge in [-0.05, 0) is 24.0 Å². The fourth-order valence-electron chi connectivity index (χ4n) is 2.58. The first-order valence-corrected chi connectivity index (χ1v) is 7.38. The Balaban J connectivity index is 2.16. The van der Waals surface area contributed by atoms with Gasteiger partial charge in [-0.2, -0.15) is 0 Å². The molecule has 0 amide bonds. The van der Waals surface area contributed by atoms with Crippen LogP contribution in [0.15, 0.2) is 54.6 Å². The van der Waals surface area contributed by atoms with E-state index in [9.17, 15) is 5.11 Å². The predicted octanol–water partition coefficient (Wildman–Crippen LogP) is 3.60. The van der Waals surface area contributed by atoms with E-state index in [-0.39, 0.29) is 5.41 Å². The summed E-state index contributed by atoms with van der Waals surface area (Å²) in [4.78, 5) is 0. The third kappa shape index (κ3) is 3.73. The molecule has 2 aromatic rings. The van der Waals surface area contributed by atoms with E-state index in [0.29, 0.717) is 5.75 Å². The number of phenolic OH excluding ortho intramolecular Hbond substituents is 1. The molecule has 0 saturated heterocycles. The van der Waals surface area contributed by atoms with Gasteiger partial charge < -0.3 is 10.4 Å². The highest BCUT2D eigenvalue weighted by Gasteiger charge is 2.23. The molecule has 2 aromatic carbocycles. The minimum Gasteiger partial charge on any atom is -0.507 e. The number of phenols is 1. The van der Waals surface area contributed by atoms with Crippen molar-refractivity contribution >= 4 is 11.8 Å². The van der Waals surface area contributed by atoms with Gasteiger partial charge in [-0.15, -0.1) is 0 Å². The summed E-state index contributed by atoms with van der Waals surface area (Å²) in [5.74, 6) is 0.328. The highest BCUT2D eigenvalue weighted by Crippen LogP contribution is 2.31. The summed E-state index contributed by atoms with van der Waals surface area (Å²) in [6.07, 6.45) is 5.06. The standard InChI is InChI=1S/C19H23NO/c1-19(2,16-11-5-6-12-17(16)20-3)14-8-10-15-9-4-7-13-18(15)21/h4-13,20-21H,14H2,1-3H3/p+1/b10-8+. The molecular formula is C19H24NO+. The minimum atomic E-state index is 0.0595. The summed E-state index contributed by atoms with van der Waals surface area (Å²) in [5.41, 5.74) is 3.57. The number of benzene rings is 2. The van der Waals surface area contributed by atoms with Crippen LogP contribution in [0.3, 0.4) is 0 Å². The minimum absolute atomic E-state index is 0.0595. The summed E-state index contributed by atoms with van der Waals surface area (Å²) < 4.78 is 0. The second-order valence-corrected chi connectivity index (χ2v) is 5.93. The fourth-order valence-corrected chi connectivity index (χ4v) is 2.58. The van der Waals surface area contributed by atoms with Gasteiger partial charge in [0.15, 0.2) is 0 Å². The number of hydrogen-bond donors (Lipinski definition) is 2. The molecule has 0 heterocycles. The Hall–Kier alpha value is -2.06. The van der Waals surface area contributed by atoms with E-state index in [1.54, 1.807) is 6.07 Å². The monoisotopic (exact) mass is 282 g/mol. The quantitative estimate of drug-likeness (QED) is 0.808. The lowest BCUT2D eigenvalue weighted by molar-refractivity contribution is -0.540. The molecule has 2 heteroatoms. The molecule has 0 atom stereocenters. The largest absolute Gasteiger partial charge is 0.507 e. The lowest BCUT2D eigenvalue weighted by Crippen LogP contribution is -2.73. The van der Waals surface area contributed by atoms with Gasteiger partial charge in [0, 0.05) is 11.1 Å². The Morgan fingerprint density at radius 3 is 2.43 bits per heavy atom. The summed E-state index contributed by atoms with van der Waals surface area (Å²) in [6.45, 7) is 4.51. The number of nitrogens with two attached hydrogens (primary N) is 1. The Morgan fingerprint density at radius 2 is 1.71 bits per heavy atom. The molecule has 0 unspecified atom stereocenters. The summed E-state index contributed by atoms with van der Waals surface area (Å²) in [6, 6.07) is 15.9. The van der Waals surface area contributed by atoms with Crippen LogP contribution in [0.5, 0.6) is 5.75 Å². The molecule has 2 rings (SSSR count). The maximum atomic E-state index is 9.78. The zero-order valence-electron chi connectivity index (χ0n) is 13.0. The molecule has 0 aliphatic rings. The number of rotatable bonds is 5. The number of aromatic hydroxyl groups is 1. The van der Waals surface area contributed by atoms with E-state index in [4.69, 9.17) is 0 Å². The fraction of sp³-hybridized carbons (Fsp3) is 0.263. The summed E-state index contributed by atoms with van der Waals surface area (Å²) in [7, 11) is 2.08. The van der Waals surface area contributed by atoms with Crippen LogP contribution in [0.25, 0.3) is 6.08 Å². The second kappa shape index (κ2) is 6.59. The average molecular weight is 282 g/mol. The number of para-hydroxylation sites is 2. The first-order valence-electron chi connectivity index (χ1n) is 7.38. The van der Waals surface area contributed by atoms with Gasteiger partial charge in [0.25, 0.3) is 0 Å². The van der Waals surface area contributed by atoms with Crippen molar-refractivity contribution in [3.8, 4) is 5.75 Å². The number of quaternary nitrogens is 1. The third-order valence-corrected chi connectivity index (χ3v) is 3.86. The van der Waals surface area contributed by atoms with Crippen molar-refractivity contribution in [3.63, 3.8) is 0 Å². The van der Waals surface area contributed by atoms with Gasteiger partial charge in [0.1, 0.15) is 11.4 Å². The highest BCUT2D eigenvalue weighted by atomic mass is 16.3. The lowest BCUT2D eigenvalue weighted by Gasteiger charge is -2.24. The van der Waals surface area contributed by atoms with E-state index in [2.05, 4.69) is 56.6 Å². The molecule has 0 aromatic heterocycles. The van der Waals surface area contributed by atoms with Crippen molar-refractivity contribution < 1.29 is 10.4 Å². The van der Waals surface area contributed by atoms with Gasteiger partial charge in [0.05, 0.1) is 7.05 Å². The zero-order valence-corrected chi connectivity index (χ0v) is 13.0. The first kappa shape index (κ1) is 15.3. The smallest absolute Gasteiger partial charge is 0.133 e. The number of allylic oxidation sites excluding steroid dienone is 1. The number of hydrogen-bond acceptors (Lipinski definition) is 1. The Labute approximate surface area is 127 Å². The Bertz CT molecular complexity index is 629. The molecule has 0 aliphatic carbocycles. The van der Waals surface area contributed by atoms with Crippen molar-refractivity contribution in [1.29, 1.82) is 0 Å².